The lowest BCUT2D eigenvalue weighted by molar-refractivity contribution is -0.123. The van der Waals surface area contributed by atoms with Crippen molar-refractivity contribution in [2.45, 2.75) is 32.4 Å². The summed E-state index contributed by atoms with van der Waals surface area (Å²) in [5, 5.41) is 3.74. The molecule has 26 heavy (non-hydrogen) atoms. The Balaban J connectivity index is 1.34. The van der Waals surface area contributed by atoms with Crippen molar-refractivity contribution in [2.75, 3.05) is 6.61 Å². The number of carbonyl (C=O) groups excluding carboxylic acids is 1. The summed E-state index contributed by atoms with van der Waals surface area (Å²) in [6.45, 7) is 4.44. The van der Waals surface area contributed by atoms with Crippen LogP contribution in [-0.4, -0.2) is 23.1 Å². The third-order valence-electron chi connectivity index (χ3n) is 4.19. The molecule has 6 heteroatoms. The molecule has 0 saturated heterocycles. The number of ether oxygens (including phenoxy) is 2. The van der Waals surface area contributed by atoms with Crippen LogP contribution in [0.1, 0.15) is 24.4 Å². The van der Waals surface area contributed by atoms with Gasteiger partial charge >= 0.3 is 0 Å². The van der Waals surface area contributed by atoms with Crippen LogP contribution >= 0.6 is 11.3 Å². The number of hydrogen-bond acceptors (Lipinski definition) is 5. The van der Waals surface area contributed by atoms with Crippen molar-refractivity contribution in [3.63, 3.8) is 0 Å². The minimum atomic E-state index is -0.239. The number of nitrogens with zero attached hydrogens (tertiary/aromatic N) is 1. The zero-order valence-corrected chi connectivity index (χ0v) is 15.6. The van der Waals surface area contributed by atoms with E-state index < -0.39 is 0 Å². The van der Waals surface area contributed by atoms with Crippen LogP contribution in [0.2, 0.25) is 0 Å². The third-order valence-corrected chi connectivity index (χ3v) is 5.23. The van der Waals surface area contributed by atoms with Crippen molar-refractivity contribution in [1.82, 2.24) is 10.3 Å². The second-order valence-corrected chi connectivity index (χ2v) is 8.04. The molecule has 1 aliphatic heterocycles. The number of aromatic nitrogens is 1. The highest BCUT2D eigenvalue weighted by Gasteiger charge is 2.32. The number of benzene rings is 2. The van der Waals surface area contributed by atoms with E-state index in [1.165, 1.54) is 0 Å². The first-order chi connectivity index (χ1) is 12.5. The van der Waals surface area contributed by atoms with E-state index in [1.54, 1.807) is 11.3 Å². The van der Waals surface area contributed by atoms with Crippen LogP contribution in [0.15, 0.2) is 42.5 Å². The Morgan fingerprint density at radius 2 is 2.12 bits per heavy atom. The first-order valence-corrected chi connectivity index (χ1v) is 9.37. The number of amides is 1. The lowest BCUT2D eigenvalue weighted by atomic mass is 10.0. The van der Waals surface area contributed by atoms with Gasteiger partial charge in [0.05, 0.1) is 16.8 Å². The van der Waals surface area contributed by atoms with Crippen LogP contribution in [0.5, 0.6) is 11.5 Å². The molecular weight excluding hydrogens is 348 g/mol. The number of para-hydroxylation sites is 2. The van der Waals surface area contributed by atoms with Gasteiger partial charge < -0.3 is 14.8 Å². The van der Waals surface area contributed by atoms with Crippen molar-refractivity contribution in [3.05, 3.63) is 53.0 Å². The molecule has 0 saturated carbocycles. The molecule has 0 bridgehead atoms. The van der Waals surface area contributed by atoms with Gasteiger partial charge in [-0.3, -0.25) is 4.79 Å². The average molecular weight is 368 g/mol. The first-order valence-electron chi connectivity index (χ1n) is 8.55. The molecule has 134 valence electrons. The molecule has 0 spiro atoms. The van der Waals surface area contributed by atoms with Gasteiger partial charge in [-0.25, -0.2) is 4.98 Å². The topological polar surface area (TPSA) is 60.5 Å². The van der Waals surface area contributed by atoms with Gasteiger partial charge in [0.2, 0.25) is 0 Å². The summed E-state index contributed by atoms with van der Waals surface area (Å²) in [5.74, 6) is 1.18. The Kier molecular flexibility index (Phi) is 4.28. The van der Waals surface area contributed by atoms with Crippen molar-refractivity contribution in [3.8, 4) is 11.5 Å². The van der Waals surface area contributed by atoms with E-state index in [4.69, 9.17) is 9.47 Å². The van der Waals surface area contributed by atoms with Gasteiger partial charge in [0, 0.05) is 12.0 Å². The summed E-state index contributed by atoms with van der Waals surface area (Å²) >= 11 is 1.58. The third kappa shape index (κ3) is 3.51. The van der Waals surface area contributed by atoms with Gasteiger partial charge in [-0.15, -0.1) is 11.3 Å². The van der Waals surface area contributed by atoms with E-state index in [9.17, 15) is 4.79 Å². The number of rotatable bonds is 5. The van der Waals surface area contributed by atoms with Gasteiger partial charge in [-0.1, -0.05) is 24.3 Å². The van der Waals surface area contributed by atoms with Crippen LogP contribution < -0.4 is 14.8 Å². The lowest BCUT2D eigenvalue weighted by Gasteiger charge is -2.18. The number of hydrogen-bond donors (Lipinski definition) is 1. The Labute approximate surface area is 156 Å². The molecule has 0 aliphatic carbocycles. The summed E-state index contributed by atoms with van der Waals surface area (Å²) in [6, 6.07) is 13.7. The molecule has 3 aromatic rings. The fourth-order valence-electron chi connectivity index (χ4n) is 3.07. The van der Waals surface area contributed by atoms with Gasteiger partial charge in [0.25, 0.3) is 5.91 Å². The molecule has 4 rings (SSSR count). The minimum Gasteiger partial charge on any atom is -0.483 e. The zero-order valence-electron chi connectivity index (χ0n) is 14.7. The monoisotopic (exact) mass is 368 g/mol. The minimum absolute atomic E-state index is 0.0505. The van der Waals surface area contributed by atoms with E-state index in [0.717, 1.165) is 33.0 Å². The predicted molar refractivity (Wildman–Crippen MR) is 102 cm³/mol. The SMILES string of the molecule is CC1(C)Cc2cccc(OCC(=O)NCc3nc4ccccc4s3)c2O1. The molecule has 0 radical (unpaired) electrons. The normalized spacial score (nSPS) is 14.7. The molecule has 5 nitrogen and oxygen atoms in total. The van der Waals surface area contributed by atoms with Gasteiger partial charge in [0.1, 0.15) is 10.6 Å². The van der Waals surface area contributed by atoms with Crippen LogP contribution in [-0.2, 0) is 17.8 Å². The lowest BCUT2D eigenvalue weighted by Crippen LogP contribution is -2.28. The summed E-state index contributed by atoms with van der Waals surface area (Å²) in [6.07, 6.45) is 0.837. The fraction of sp³-hybridized carbons (Fsp3) is 0.300. The van der Waals surface area contributed by atoms with Crippen molar-refractivity contribution >= 4 is 27.5 Å². The highest BCUT2D eigenvalue weighted by atomic mass is 32.1. The zero-order chi connectivity index (χ0) is 18.1. The molecule has 1 N–H and O–H groups in total. The van der Waals surface area contributed by atoms with Crippen molar-refractivity contribution in [1.29, 1.82) is 0 Å². The highest BCUT2D eigenvalue weighted by molar-refractivity contribution is 7.18. The molecule has 0 atom stereocenters. The van der Waals surface area contributed by atoms with Crippen molar-refractivity contribution in [2.24, 2.45) is 0 Å². The average Bonchev–Trinajstić information content (AvgIpc) is 3.16. The first kappa shape index (κ1) is 16.8. The molecule has 2 heterocycles. The quantitative estimate of drug-likeness (QED) is 0.746. The summed E-state index contributed by atoms with van der Waals surface area (Å²) in [7, 11) is 0. The molecule has 1 aliphatic rings. The van der Waals surface area contributed by atoms with Crippen molar-refractivity contribution < 1.29 is 14.3 Å². The second-order valence-electron chi connectivity index (χ2n) is 6.92. The maximum atomic E-state index is 12.1. The van der Waals surface area contributed by atoms with Gasteiger partial charge in [-0.05, 0) is 32.0 Å². The van der Waals surface area contributed by atoms with Gasteiger partial charge in [-0.2, -0.15) is 0 Å². The van der Waals surface area contributed by atoms with Gasteiger partial charge in [0.15, 0.2) is 18.1 Å². The molecule has 1 aromatic heterocycles. The Morgan fingerprint density at radius 1 is 1.27 bits per heavy atom. The molecule has 1 amide bonds. The molecule has 0 fully saturated rings. The standard InChI is InChI=1S/C20H20N2O3S/c1-20(2)10-13-6-5-8-15(19(13)25-20)24-12-17(23)21-11-18-22-14-7-3-4-9-16(14)26-18/h3-9H,10-12H2,1-2H3,(H,21,23). The maximum absolute atomic E-state index is 12.1. The maximum Gasteiger partial charge on any atom is 0.258 e. The Bertz CT molecular complexity index is 932. The number of nitrogens with one attached hydrogen (secondary N) is 1. The van der Waals surface area contributed by atoms with Crippen LogP contribution in [0, 0.1) is 0 Å². The Morgan fingerprint density at radius 3 is 2.96 bits per heavy atom. The smallest absolute Gasteiger partial charge is 0.258 e. The van der Waals surface area contributed by atoms with E-state index in [1.807, 2.05) is 56.3 Å². The van der Waals surface area contributed by atoms with Crippen LogP contribution in [0.25, 0.3) is 10.2 Å². The van der Waals surface area contributed by atoms with Crippen LogP contribution in [0.3, 0.4) is 0 Å². The number of thiazole rings is 1. The second kappa shape index (κ2) is 6.61. The number of fused-ring (bicyclic) bond motifs is 2. The molecule has 0 unspecified atom stereocenters. The summed E-state index contributed by atoms with van der Waals surface area (Å²) in [4.78, 5) is 16.6. The Hall–Kier alpha value is -2.60. The van der Waals surface area contributed by atoms with Crippen LogP contribution in [0.4, 0.5) is 0 Å². The molecular formula is C20H20N2O3S. The predicted octanol–water partition coefficient (Wildman–Crippen LogP) is 3.71. The summed E-state index contributed by atoms with van der Waals surface area (Å²) in [5.41, 5.74) is 1.83. The molecule has 2 aromatic carbocycles. The highest BCUT2D eigenvalue weighted by Crippen LogP contribution is 2.41. The van der Waals surface area contributed by atoms with E-state index in [-0.39, 0.29) is 18.1 Å². The fourth-order valence-corrected chi connectivity index (χ4v) is 3.97. The largest absolute Gasteiger partial charge is 0.483 e. The summed E-state index contributed by atoms with van der Waals surface area (Å²) < 4.78 is 12.8. The van der Waals surface area contributed by atoms with E-state index in [2.05, 4.69) is 10.3 Å². The number of carbonyl (C=O) groups is 1. The van der Waals surface area contributed by atoms with E-state index >= 15 is 0 Å². The van der Waals surface area contributed by atoms with E-state index in [0.29, 0.717) is 12.3 Å².